The van der Waals surface area contributed by atoms with Crippen molar-refractivity contribution in [2.24, 2.45) is 5.73 Å². The number of primary amides is 1. The molecule has 108 valence electrons. The molecule has 0 radical (unpaired) electrons. The molecule has 0 unspecified atom stereocenters. The van der Waals surface area contributed by atoms with E-state index < -0.39 is 12.0 Å². The monoisotopic (exact) mass is 284 g/mol. The first-order chi connectivity index (χ1) is 10.0. The molecule has 0 aliphatic carbocycles. The second kappa shape index (κ2) is 6.56. The van der Waals surface area contributed by atoms with Gasteiger partial charge >= 0.3 is 12.0 Å². The predicted octanol–water partition coefficient (Wildman–Crippen LogP) is 2.84. The molecule has 0 saturated carbocycles. The minimum absolute atomic E-state index is 0.202. The summed E-state index contributed by atoms with van der Waals surface area (Å²) < 4.78 is 5.25. The first kappa shape index (κ1) is 14.6. The third-order valence-electron chi connectivity index (χ3n) is 2.82. The Balaban J connectivity index is 2.01. The molecule has 0 saturated heterocycles. The van der Waals surface area contributed by atoms with E-state index in [2.05, 4.69) is 5.32 Å². The van der Waals surface area contributed by atoms with Gasteiger partial charge in [0.05, 0.1) is 5.56 Å². The molecule has 2 aromatic rings. The van der Waals surface area contributed by atoms with Crippen molar-refractivity contribution >= 4 is 17.7 Å². The number of amides is 2. The third kappa shape index (κ3) is 4.35. The molecule has 2 aromatic carbocycles. The maximum atomic E-state index is 12.0. The van der Waals surface area contributed by atoms with E-state index in [-0.39, 0.29) is 6.61 Å². The zero-order chi connectivity index (χ0) is 15.2. The molecule has 0 aliphatic heterocycles. The minimum atomic E-state index is -0.680. The van der Waals surface area contributed by atoms with Crippen LogP contribution in [-0.4, -0.2) is 12.0 Å². The Labute approximate surface area is 122 Å². The Morgan fingerprint density at radius 2 is 1.90 bits per heavy atom. The number of esters is 1. The molecule has 0 fully saturated rings. The Kier molecular flexibility index (Phi) is 4.56. The van der Waals surface area contributed by atoms with Crippen molar-refractivity contribution in [1.82, 2.24) is 0 Å². The van der Waals surface area contributed by atoms with E-state index in [1.165, 1.54) is 6.07 Å². The van der Waals surface area contributed by atoms with Gasteiger partial charge in [-0.25, -0.2) is 9.59 Å². The molecule has 0 atom stereocenters. The maximum absolute atomic E-state index is 12.0. The standard InChI is InChI=1S/C16H16N2O3/c1-11-4-2-5-12(8-11)10-21-15(19)13-6-3-7-14(9-13)18-16(17)20/h2-9H,10H2,1H3,(H3,17,18,20). The highest BCUT2D eigenvalue weighted by Gasteiger charge is 2.08. The highest BCUT2D eigenvalue weighted by atomic mass is 16.5. The number of anilines is 1. The summed E-state index contributed by atoms with van der Waals surface area (Å²) in [5.41, 5.74) is 7.87. The number of urea groups is 1. The maximum Gasteiger partial charge on any atom is 0.338 e. The number of hydrogen-bond donors (Lipinski definition) is 2. The van der Waals surface area contributed by atoms with Crippen LogP contribution in [0.15, 0.2) is 48.5 Å². The Bertz CT molecular complexity index is 668. The van der Waals surface area contributed by atoms with Gasteiger partial charge < -0.3 is 15.8 Å². The largest absolute Gasteiger partial charge is 0.457 e. The molecular weight excluding hydrogens is 268 g/mol. The summed E-state index contributed by atoms with van der Waals surface area (Å²) in [5, 5.41) is 2.41. The van der Waals surface area contributed by atoms with E-state index in [0.717, 1.165) is 11.1 Å². The molecular formula is C16H16N2O3. The van der Waals surface area contributed by atoms with E-state index in [4.69, 9.17) is 10.5 Å². The van der Waals surface area contributed by atoms with Crippen molar-refractivity contribution in [2.45, 2.75) is 13.5 Å². The van der Waals surface area contributed by atoms with E-state index in [0.29, 0.717) is 11.3 Å². The van der Waals surface area contributed by atoms with Gasteiger partial charge in [-0.05, 0) is 30.7 Å². The van der Waals surface area contributed by atoms with Crippen LogP contribution in [0.5, 0.6) is 0 Å². The van der Waals surface area contributed by atoms with Crippen LogP contribution in [0.1, 0.15) is 21.5 Å². The molecule has 2 rings (SSSR count). The zero-order valence-electron chi connectivity index (χ0n) is 11.6. The Hall–Kier alpha value is -2.82. The van der Waals surface area contributed by atoms with Crippen LogP contribution in [0, 0.1) is 6.92 Å². The third-order valence-corrected chi connectivity index (χ3v) is 2.82. The first-order valence-electron chi connectivity index (χ1n) is 6.44. The van der Waals surface area contributed by atoms with E-state index in [1.807, 2.05) is 31.2 Å². The summed E-state index contributed by atoms with van der Waals surface area (Å²) in [4.78, 5) is 22.8. The second-order valence-electron chi connectivity index (χ2n) is 4.64. The van der Waals surface area contributed by atoms with E-state index in [9.17, 15) is 9.59 Å². The molecule has 3 N–H and O–H groups in total. The summed E-state index contributed by atoms with van der Waals surface area (Å²) in [6, 6.07) is 13.5. The fourth-order valence-electron chi connectivity index (χ4n) is 1.90. The number of aryl methyl sites for hydroxylation is 1. The normalized spacial score (nSPS) is 9.95. The smallest absolute Gasteiger partial charge is 0.338 e. The van der Waals surface area contributed by atoms with Crippen molar-refractivity contribution in [3.63, 3.8) is 0 Å². The van der Waals surface area contributed by atoms with Crippen LogP contribution in [0.3, 0.4) is 0 Å². The van der Waals surface area contributed by atoms with Gasteiger partial charge in [-0.2, -0.15) is 0 Å². The van der Waals surface area contributed by atoms with Gasteiger partial charge in [0.2, 0.25) is 0 Å². The van der Waals surface area contributed by atoms with Gasteiger partial charge in [0.1, 0.15) is 6.61 Å². The Morgan fingerprint density at radius 1 is 1.14 bits per heavy atom. The highest BCUT2D eigenvalue weighted by Crippen LogP contribution is 2.13. The molecule has 21 heavy (non-hydrogen) atoms. The van der Waals surface area contributed by atoms with E-state index in [1.54, 1.807) is 18.2 Å². The van der Waals surface area contributed by atoms with Gasteiger partial charge in [-0.3, -0.25) is 0 Å². The summed E-state index contributed by atoms with van der Waals surface area (Å²) in [5.74, 6) is -0.454. The average molecular weight is 284 g/mol. The van der Waals surface area contributed by atoms with Crippen molar-refractivity contribution in [1.29, 1.82) is 0 Å². The molecule has 0 bridgehead atoms. The number of hydrogen-bond acceptors (Lipinski definition) is 3. The summed E-state index contributed by atoms with van der Waals surface area (Å²) in [6.07, 6.45) is 0. The lowest BCUT2D eigenvalue weighted by molar-refractivity contribution is 0.0472. The SMILES string of the molecule is Cc1cccc(COC(=O)c2cccc(NC(N)=O)c2)c1. The molecule has 2 amide bonds. The lowest BCUT2D eigenvalue weighted by Gasteiger charge is -2.07. The van der Waals surface area contributed by atoms with Gasteiger partial charge in [-0.15, -0.1) is 0 Å². The fourth-order valence-corrected chi connectivity index (χ4v) is 1.90. The van der Waals surface area contributed by atoms with Gasteiger partial charge in [-0.1, -0.05) is 35.9 Å². The van der Waals surface area contributed by atoms with Crippen LogP contribution in [0.4, 0.5) is 10.5 Å². The predicted molar refractivity (Wildman–Crippen MR) is 79.9 cm³/mol. The lowest BCUT2D eigenvalue weighted by Crippen LogP contribution is -2.19. The molecule has 0 heterocycles. The van der Waals surface area contributed by atoms with E-state index >= 15 is 0 Å². The van der Waals surface area contributed by atoms with Crippen molar-refractivity contribution in [2.75, 3.05) is 5.32 Å². The van der Waals surface area contributed by atoms with Crippen LogP contribution >= 0.6 is 0 Å². The molecule has 5 heteroatoms. The number of carbonyl (C=O) groups is 2. The van der Waals surface area contributed by atoms with Crippen molar-refractivity contribution in [3.05, 3.63) is 65.2 Å². The Morgan fingerprint density at radius 3 is 2.62 bits per heavy atom. The number of carbonyl (C=O) groups excluding carboxylic acids is 2. The fraction of sp³-hybridized carbons (Fsp3) is 0.125. The van der Waals surface area contributed by atoms with Gasteiger partial charge in [0.25, 0.3) is 0 Å². The second-order valence-corrected chi connectivity index (χ2v) is 4.64. The number of nitrogens with two attached hydrogens (primary N) is 1. The lowest BCUT2D eigenvalue weighted by atomic mass is 10.1. The van der Waals surface area contributed by atoms with Gasteiger partial charge in [0, 0.05) is 5.69 Å². The summed E-state index contributed by atoms with van der Waals surface area (Å²) in [6.45, 7) is 2.18. The minimum Gasteiger partial charge on any atom is -0.457 e. The molecule has 5 nitrogen and oxygen atoms in total. The van der Waals surface area contributed by atoms with Crippen LogP contribution < -0.4 is 11.1 Å². The number of ether oxygens (including phenoxy) is 1. The molecule has 0 aliphatic rings. The summed E-state index contributed by atoms with van der Waals surface area (Å²) >= 11 is 0. The topological polar surface area (TPSA) is 81.4 Å². The van der Waals surface area contributed by atoms with Gasteiger partial charge in [0.15, 0.2) is 0 Å². The quantitative estimate of drug-likeness (QED) is 0.847. The van der Waals surface area contributed by atoms with Crippen molar-refractivity contribution < 1.29 is 14.3 Å². The van der Waals surface area contributed by atoms with Crippen molar-refractivity contribution in [3.8, 4) is 0 Å². The summed E-state index contributed by atoms with van der Waals surface area (Å²) in [7, 11) is 0. The number of nitrogens with one attached hydrogen (secondary N) is 1. The first-order valence-corrected chi connectivity index (χ1v) is 6.44. The highest BCUT2D eigenvalue weighted by molar-refractivity contribution is 5.93. The van der Waals surface area contributed by atoms with Crippen LogP contribution in [0.2, 0.25) is 0 Å². The molecule has 0 spiro atoms. The average Bonchev–Trinajstić information content (AvgIpc) is 2.44. The zero-order valence-corrected chi connectivity index (χ0v) is 11.6. The van der Waals surface area contributed by atoms with Crippen LogP contribution in [0.25, 0.3) is 0 Å². The molecule has 0 aromatic heterocycles. The number of rotatable bonds is 4. The number of benzene rings is 2. The van der Waals surface area contributed by atoms with Crippen LogP contribution in [-0.2, 0) is 11.3 Å².